The number of halogens is 2. The van der Waals surface area contributed by atoms with Crippen LogP contribution in [0.25, 0.3) is 0 Å². The molecular weight excluding hydrogens is 350 g/mol. The molecular formula is C17H25BrClNO. The van der Waals surface area contributed by atoms with Crippen molar-refractivity contribution < 1.29 is 4.74 Å². The summed E-state index contributed by atoms with van der Waals surface area (Å²) in [5.41, 5.74) is 0.988. The van der Waals surface area contributed by atoms with Crippen molar-refractivity contribution in [2.75, 3.05) is 12.4 Å². The van der Waals surface area contributed by atoms with Crippen LogP contribution < -0.4 is 10.1 Å². The van der Waals surface area contributed by atoms with Crippen molar-refractivity contribution in [3.8, 4) is 5.75 Å². The lowest BCUT2D eigenvalue weighted by Gasteiger charge is -2.38. The number of ether oxygens (including phenoxy) is 1. The Hall–Kier alpha value is -0.410. The lowest BCUT2D eigenvalue weighted by Crippen LogP contribution is -2.37. The van der Waals surface area contributed by atoms with Gasteiger partial charge in [0, 0.05) is 11.1 Å². The van der Waals surface area contributed by atoms with E-state index in [4.69, 9.17) is 16.3 Å². The van der Waals surface area contributed by atoms with E-state index >= 15 is 0 Å². The van der Waals surface area contributed by atoms with Crippen molar-refractivity contribution in [3.63, 3.8) is 0 Å². The van der Waals surface area contributed by atoms with E-state index in [1.54, 1.807) is 7.11 Å². The summed E-state index contributed by atoms with van der Waals surface area (Å²) >= 11 is 9.73. The maximum Gasteiger partial charge on any atom is 0.156 e. The Balaban J connectivity index is 2.26. The molecule has 1 saturated carbocycles. The van der Waals surface area contributed by atoms with Gasteiger partial charge in [-0.2, -0.15) is 0 Å². The first kappa shape index (κ1) is 17.0. The Morgan fingerprint density at radius 3 is 2.67 bits per heavy atom. The average molecular weight is 375 g/mol. The molecule has 2 rings (SSSR count). The zero-order valence-corrected chi connectivity index (χ0v) is 15.6. The minimum absolute atomic E-state index is 0.480. The first-order valence-corrected chi connectivity index (χ1v) is 8.89. The van der Waals surface area contributed by atoms with E-state index in [0.717, 1.165) is 26.9 Å². The van der Waals surface area contributed by atoms with Crippen molar-refractivity contribution in [2.24, 2.45) is 17.8 Å². The second-order valence-corrected chi connectivity index (χ2v) is 7.84. The first-order valence-electron chi connectivity index (χ1n) is 7.72. The highest BCUT2D eigenvalue weighted by Gasteiger charge is 2.31. The molecule has 0 aliphatic heterocycles. The highest BCUT2D eigenvalue weighted by molar-refractivity contribution is 9.10. The van der Waals surface area contributed by atoms with Gasteiger partial charge in [0.15, 0.2) is 5.75 Å². The maximum absolute atomic E-state index is 6.20. The van der Waals surface area contributed by atoms with E-state index in [1.807, 2.05) is 12.1 Å². The van der Waals surface area contributed by atoms with E-state index < -0.39 is 0 Å². The van der Waals surface area contributed by atoms with Crippen LogP contribution in [0.15, 0.2) is 16.6 Å². The lowest BCUT2D eigenvalue weighted by atomic mass is 9.74. The fourth-order valence-electron chi connectivity index (χ4n) is 3.44. The molecule has 3 atom stereocenters. The highest BCUT2D eigenvalue weighted by atomic mass is 79.9. The van der Waals surface area contributed by atoms with Crippen LogP contribution in [0.4, 0.5) is 5.69 Å². The Bertz CT molecular complexity index is 492. The van der Waals surface area contributed by atoms with Crippen LogP contribution in [-0.2, 0) is 0 Å². The predicted octanol–water partition coefficient (Wildman–Crippen LogP) is 5.98. The third-order valence-corrected chi connectivity index (χ3v) is 5.38. The zero-order valence-electron chi connectivity index (χ0n) is 13.2. The van der Waals surface area contributed by atoms with E-state index in [2.05, 4.69) is 42.0 Å². The van der Waals surface area contributed by atoms with Gasteiger partial charge in [0.05, 0.1) is 17.3 Å². The summed E-state index contributed by atoms with van der Waals surface area (Å²) in [6.45, 7) is 6.98. The molecule has 21 heavy (non-hydrogen) atoms. The van der Waals surface area contributed by atoms with Crippen molar-refractivity contribution in [1.29, 1.82) is 0 Å². The third-order valence-electron chi connectivity index (χ3n) is 4.58. The number of hydrogen-bond acceptors (Lipinski definition) is 2. The van der Waals surface area contributed by atoms with Crippen LogP contribution in [0.3, 0.4) is 0 Å². The normalized spacial score (nSPS) is 26.0. The summed E-state index contributed by atoms with van der Waals surface area (Å²) in [4.78, 5) is 0. The molecule has 0 aromatic heterocycles. The summed E-state index contributed by atoms with van der Waals surface area (Å²) in [6.07, 6.45) is 3.83. The van der Waals surface area contributed by atoms with Gasteiger partial charge in [-0.25, -0.2) is 0 Å². The summed E-state index contributed by atoms with van der Waals surface area (Å²) in [5, 5.41) is 4.42. The van der Waals surface area contributed by atoms with Gasteiger partial charge in [0.1, 0.15) is 0 Å². The molecule has 0 saturated heterocycles. The molecule has 1 aliphatic carbocycles. The molecule has 1 aromatic carbocycles. The molecule has 1 aliphatic rings. The molecule has 0 radical (unpaired) electrons. The van der Waals surface area contributed by atoms with E-state index in [9.17, 15) is 0 Å². The Kier molecular flexibility index (Phi) is 5.84. The number of methoxy groups -OCH3 is 1. The number of benzene rings is 1. The Morgan fingerprint density at radius 2 is 2.05 bits per heavy atom. The number of hydrogen-bond donors (Lipinski definition) is 1. The quantitative estimate of drug-likeness (QED) is 0.699. The molecule has 0 spiro atoms. The van der Waals surface area contributed by atoms with Crippen molar-refractivity contribution in [3.05, 3.63) is 21.6 Å². The van der Waals surface area contributed by atoms with Gasteiger partial charge in [-0.3, -0.25) is 0 Å². The Morgan fingerprint density at radius 1 is 1.33 bits per heavy atom. The van der Waals surface area contributed by atoms with E-state index in [1.165, 1.54) is 19.3 Å². The fraction of sp³-hybridized carbons (Fsp3) is 0.647. The average Bonchev–Trinajstić information content (AvgIpc) is 2.37. The van der Waals surface area contributed by atoms with Crippen molar-refractivity contribution in [1.82, 2.24) is 0 Å². The molecule has 1 fully saturated rings. The first-order chi connectivity index (χ1) is 9.92. The van der Waals surface area contributed by atoms with Crippen LogP contribution in [0.2, 0.25) is 5.02 Å². The standard InChI is InChI=1S/C17H25BrClNO/c1-10(2)13-6-5-11(3)7-15(13)20-16-9-12(19)8-14(18)17(16)21-4/h8-11,13,15,20H,5-7H2,1-4H3. The summed E-state index contributed by atoms with van der Waals surface area (Å²) in [5.74, 6) is 2.98. The lowest BCUT2D eigenvalue weighted by molar-refractivity contribution is 0.211. The van der Waals surface area contributed by atoms with Gasteiger partial charge in [-0.05, 0) is 58.7 Å². The molecule has 0 bridgehead atoms. The van der Waals surface area contributed by atoms with Crippen molar-refractivity contribution in [2.45, 2.75) is 46.1 Å². The van der Waals surface area contributed by atoms with Crippen molar-refractivity contribution >= 4 is 33.2 Å². The SMILES string of the molecule is COc1c(Br)cc(Cl)cc1NC1CC(C)CCC1C(C)C. The van der Waals surface area contributed by atoms with Crippen LogP contribution in [0, 0.1) is 17.8 Å². The zero-order chi connectivity index (χ0) is 15.6. The highest BCUT2D eigenvalue weighted by Crippen LogP contribution is 2.40. The molecule has 4 heteroatoms. The van der Waals surface area contributed by atoms with Crippen LogP contribution in [0.1, 0.15) is 40.0 Å². The van der Waals surface area contributed by atoms with Gasteiger partial charge in [0.2, 0.25) is 0 Å². The largest absolute Gasteiger partial charge is 0.493 e. The maximum atomic E-state index is 6.20. The molecule has 1 aromatic rings. The van der Waals surface area contributed by atoms with E-state index in [-0.39, 0.29) is 0 Å². The monoisotopic (exact) mass is 373 g/mol. The van der Waals surface area contributed by atoms with Gasteiger partial charge in [-0.1, -0.05) is 38.8 Å². The summed E-state index contributed by atoms with van der Waals surface area (Å²) in [6, 6.07) is 4.31. The van der Waals surface area contributed by atoms with Crippen LogP contribution in [0.5, 0.6) is 5.75 Å². The van der Waals surface area contributed by atoms with Gasteiger partial charge in [-0.15, -0.1) is 0 Å². The molecule has 2 nitrogen and oxygen atoms in total. The predicted molar refractivity (Wildman–Crippen MR) is 94.5 cm³/mol. The summed E-state index contributed by atoms with van der Waals surface area (Å²) < 4.78 is 6.42. The smallest absolute Gasteiger partial charge is 0.156 e. The number of nitrogens with one attached hydrogen (secondary N) is 1. The van der Waals surface area contributed by atoms with Gasteiger partial charge < -0.3 is 10.1 Å². The second-order valence-electron chi connectivity index (χ2n) is 6.55. The van der Waals surface area contributed by atoms with Crippen LogP contribution >= 0.6 is 27.5 Å². The van der Waals surface area contributed by atoms with Gasteiger partial charge >= 0.3 is 0 Å². The van der Waals surface area contributed by atoms with E-state index in [0.29, 0.717) is 17.9 Å². The minimum atomic E-state index is 0.480. The molecule has 1 N–H and O–H groups in total. The number of rotatable bonds is 4. The Labute approximate surface area is 141 Å². The topological polar surface area (TPSA) is 21.3 Å². The molecule has 0 heterocycles. The number of anilines is 1. The third kappa shape index (κ3) is 4.07. The summed E-state index contributed by atoms with van der Waals surface area (Å²) in [7, 11) is 1.70. The minimum Gasteiger partial charge on any atom is -0.493 e. The fourth-order valence-corrected chi connectivity index (χ4v) is 4.42. The molecule has 3 unspecified atom stereocenters. The molecule has 118 valence electrons. The molecule has 0 amide bonds. The second kappa shape index (κ2) is 7.23. The van der Waals surface area contributed by atoms with Gasteiger partial charge in [0.25, 0.3) is 0 Å². The van der Waals surface area contributed by atoms with Crippen LogP contribution in [-0.4, -0.2) is 13.2 Å².